The minimum absolute atomic E-state index is 0.0545. The molecule has 2 amide bonds. The molecule has 4 aromatic carbocycles. The van der Waals surface area contributed by atoms with Crippen LogP contribution in [0.25, 0.3) is 11.1 Å². The Hall–Kier alpha value is -4.63. The highest BCUT2D eigenvalue weighted by Crippen LogP contribution is 2.32. The number of hydrogen-bond acceptors (Lipinski definition) is 6. The molecule has 224 valence electrons. The van der Waals surface area contributed by atoms with Crippen LogP contribution in [0.4, 0.5) is 11.4 Å². The van der Waals surface area contributed by atoms with Gasteiger partial charge in [0, 0.05) is 52.2 Å². The van der Waals surface area contributed by atoms with Crippen molar-refractivity contribution in [2.75, 3.05) is 52.1 Å². The molecule has 0 fully saturated rings. The Labute approximate surface area is 254 Å². The van der Waals surface area contributed by atoms with E-state index in [1.807, 2.05) is 55.4 Å². The van der Waals surface area contributed by atoms with Gasteiger partial charge in [0.2, 0.25) is 5.91 Å². The molecule has 0 saturated carbocycles. The van der Waals surface area contributed by atoms with Crippen LogP contribution >= 0.6 is 0 Å². The summed E-state index contributed by atoms with van der Waals surface area (Å²) in [5, 5.41) is 0. The van der Waals surface area contributed by atoms with Crippen molar-refractivity contribution in [1.29, 1.82) is 0 Å². The largest absolute Gasteiger partial charge is 0.495 e. The van der Waals surface area contributed by atoms with Crippen LogP contribution in [0.15, 0.2) is 95.9 Å². The van der Waals surface area contributed by atoms with Crippen LogP contribution in [-0.2, 0) is 26.8 Å². The van der Waals surface area contributed by atoms with Crippen LogP contribution in [0.3, 0.4) is 0 Å². The molecule has 0 aliphatic carbocycles. The lowest BCUT2D eigenvalue weighted by Crippen LogP contribution is -2.28. The molecule has 0 aliphatic heterocycles. The zero-order chi connectivity index (χ0) is 31.3. The molecule has 0 unspecified atom stereocenters. The van der Waals surface area contributed by atoms with Gasteiger partial charge in [-0.15, -0.1) is 0 Å². The first kappa shape index (κ1) is 31.3. The van der Waals surface area contributed by atoms with Gasteiger partial charge in [0.15, 0.2) is 9.84 Å². The molecule has 0 saturated heterocycles. The molecule has 0 spiro atoms. The van der Waals surface area contributed by atoms with E-state index in [4.69, 9.17) is 4.74 Å². The van der Waals surface area contributed by atoms with Crippen LogP contribution in [0.2, 0.25) is 0 Å². The first-order chi connectivity index (χ1) is 20.4. The van der Waals surface area contributed by atoms with E-state index in [1.54, 1.807) is 80.6 Å². The Morgan fingerprint density at radius 2 is 1.37 bits per heavy atom. The molecule has 4 rings (SSSR count). The highest BCUT2D eigenvalue weighted by atomic mass is 32.2. The zero-order valence-corrected chi connectivity index (χ0v) is 26.2. The molecular formula is C34H37N3O5S. The van der Waals surface area contributed by atoms with Crippen molar-refractivity contribution in [3.05, 3.63) is 108 Å². The van der Waals surface area contributed by atoms with Gasteiger partial charge in [0.1, 0.15) is 10.6 Å². The fourth-order valence-electron chi connectivity index (χ4n) is 4.73. The lowest BCUT2D eigenvalue weighted by Gasteiger charge is -2.20. The number of methoxy groups -OCH3 is 1. The standard InChI is InChI=1S/C34H37N3O5S/c1-35(2)29-14-9-15-30(22-29)37(5)33(38)19-24-10-7-11-25(18-24)23-43(40,41)32-21-27(16-17-31(32)42-6)26-12-8-13-28(20-26)34(39)36(3)4/h7-18,20-22H,19,23H2,1-6H3. The van der Waals surface area contributed by atoms with Crippen LogP contribution in [-0.4, -0.2) is 67.5 Å². The summed E-state index contributed by atoms with van der Waals surface area (Å²) in [6.45, 7) is 0. The van der Waals surface area contributed by atoms with E-state index in [1.165, 1.54) is 12.0 Å². The fourth-order valence-corrected chi connectivity index (χ4v) is 6.27. The lowest BCUT2D eigenvalue weighted by atomic mass is 10.0. The second kappa shape index (κ2) is 13.1. The Balaban J connectivity index is 1.57. The predicted molar refractivity (Wildman–Crippen MR) is 172 cm³/mol. The number of rotatable bonds is 10. The molecule has 9 heteroatoms. The van der Waals surface area contributed by atoms with Gasteiger partial charge in [-0.25, -0.2) is 8.42 Å². The van der Waals surface area contributed by atoms with Gasteiger partial charge < -0.3 is 19.4 Å². The topological polar surface area (TPSA) is 87.2 Å². The number of hydrogen-bond donors (Lipinski definition) is 0. The number of likely N-dealkylation sites (N-methyl/N-ethyl adjacent to an activating group) is 1. The lowest BCUT2D eigenvalue weighted by molar-refractivity contribution is -0.117. The quantitative estimate of drug-likeness (QED) is 0.246. The summed E-state index contributed by atoms with van der Waals surface area (Å²) in [6.07, 6.45) is 0.122. The summed E-state index contributed by atoms with van der Waals surface area (Å²) in [4.78, 5) is 30.7. The molecule has 0 N–H and O–H groups in total. The molecule has 0 radical (unpaired) electrons. The van der Waals surface area contributed by atoms with Crippen LogP contribution in [0.1, 0.15) is 21.5 Å². The minimum atomic E-state index is -3.84. The highest BCUT2D eigenvalue weighted by Gasteiger charge is 2.22. The van der Waals surface area contributed by atoms with E-state index in [9.17, 15) is 18.0 Å². The summed E-state index contributed by atoms with van der Waals surface area (Å²) in [5.74, 6) is -0.290. The summed E-state index contributed by atoms with van der Waals surface area (Å²) >= 11 is 0. The van der Waals surface area contributed by atoms with Gasteiger partial charge in [-0.2, -0.15) is 0 Å². The second-order valence-corrected chi connectivity index (χ2v) is 12.7. The second-order valence-electron chi connectivity index (χ2n) is 10.8. The summed E-state index contributed by atoms with van der Waals surface area (Å²) in [5.41, 5.74) is 4.91. The van der Waals surface area contributed by atoms with Crippen molar-refractivity contribution in [3.63, 3.8) is 0 Å². The van der Waals surface area contributed by atoms with Crippen LogP contribution in [0.5, 0.6) is 5.75 Å². The Kier molecular flexibility index (Phi) is 9.56. The maximum absolute atomic E-state index is 13.7. The Bertz CT molecular complexity index is 1750. The molecular weight excluding hydrogens is 562 g/mol. The predicted octanol–water partition coefficient (Wildman–Crippen LogP) is 5.31. The number of carbonyl (C=O) groups excluding carboxylic acids is 2. The maximum atomic E-state index is 13.7. The monoisotopic (exact) mass is 599 g/mol. The van der Waals surface area contributed by atoms with Gasteiger partial charge in [0.05, 0.1) is 19.3 Å². The smallest absolute Gasteiger partial charge is 0.253 e. The number of benzene rings is 4. The Morgan fingerprint density at radius 3 is 2.07 bits per heavy atom. The van der Waals surface area contributed by atoms with Crippen molar-refractivity contribution in [2.24, 2.45) is 0 Å². The van der Waals surface area contributed by atoms with Crippen molar-refractivity contribution >= 4 is 33.0 Å². The third-order valence-electron chi connectivity index (χ3n) is 7.16. The van der Waals surface area contributed by atoms with Crippen molar-refractivity contribution in [2.45, 2.75) is 17.1 Å². The number of carbonyl (C=O) groups is 2. The number of ether oxygens (including phenoxy) is 1. The van der Waals surface area contributed by atoms with E-state index in [0.717, 1.165) is 16.9 Å². The normalized spacial score (nSPS) is 11.1. The fraction of sp³-hybridized carbons (Fsp3) is 0.235. The van der Waals surface area contributed by atoms with E-state index >= 15 is 0 Å². The molecule has 4 aromatic rings. The van der Waals surface area contributed by atoms with E-state index in [-0.39, 0.29) is 34.6 Å². The average molecular weight is 600 g/mol. The van der Waals surface area contributed by atoms with Gasteiger partial charge >= 0.3 is 0 Å². The zero-order valence-electron chi connectivity index (χ0n) is 25.4. The van der Waals surface area contributed by atoms with E-state index in [0.29, 0.717) is 22.3 Å². The molecule has 0 bridgehead atoms. The van der Waals surface area contributed by atoms with Gasteiger partial charge in [-0.05, 0) is 64.7 Å². The first-order valence-corrected chi connectivity index (χ1v) is 15.4. The third kappa shape index (κ3) is 7.42. The summed E-state index contributed by atoms with van der Waals surface area (Å²) in [6, 6.07) is 26.8. The molecule has 0 atom stereocenters. The number of sulfone groups is 1. The van der Waals surface area contributed by atoms with Crippen molar-refractivity contribution < 1.29 is 22.7 Å². The summed E-state index contributed by atoms with van der Waals surface area (Å²) < 4.78 is 32.9. The number of anilines is 2. The van der Waals surface area contributed by atoms with Crippen LogP contribution in [0, 0.1) is 0 Å². The van der Waals surface area contributed by atoms with Crippen molar-refractivity contribution in [1.82, 2.24) is 4.90 Å². The minimum Gasteiger partial charge on any atom is -0.495 e. The van der Waals surface area contributed by atoms with Gasteiger partial charge in [-0.3, -0.25) is 9.59 Å². The molecule has 0 aromatic heterocycles. The first-order valence-electron chi connectivity index (χ1n) is 13.7. The average Bonchev–Trinajstić information content (AvgIpc) is 2.99. The van der Waals surface area contributed by atoms with Crippen molar-refractivity contribution in [3.8, 4) is 16.9 Å². The number of nitrogens with zero attached hydrogens (tertiary/aromatic N) is 3. The maximum Gasteiger partial charge on any atom is 0.253 e. The van der Waals surface area contributed by atoms with E-state index in [2.05, 4.69) is 0 Å². The van der Waals surface area contributed by atoms with Gasteiger partial charge in [0.25, 0.3) is 5.91 Å². The molecule has 8 nitrogen and oxygen atoms in total. The SMILES string of the molecule is COc1ccc(-c2cccc(C(=O)N(C)C)c2)cc1S(=O)(=O)Cc1cccc(CC(=O)N(C)c2cccc(N(C)C)c2)c1. The number of amides is 2. The molecule has 43 heavy (non-hydrogen) atoms. The highest BCUT2D eigenvalue weighted by molar-refractivity contribution is 7.90. The summed E-state index contributed by atoms with van der Waals surface area (Å²) in [7, 11) is 6.57. The van der Waals surface area contributed by atoms with Gasteiger partial charge in [-0.1, -0.05) is 48.5 Å². The third-order valence-corrected chi connectivity index (χ3v) is 8.86. The Morgan fingerprint density at radius 1 is 0.721 bits per heavy atom. The van der Waals surface area contributed by atoms with E-state index < -0.39 is 9.84 Å². The molecule has 0 heterocycles. The molecule has 0 aliphatic rings. The van der Waals surface area contributed by atoms with Crippen LogP contribution < -0.4 is 14.5 Å².